The molecule has 4 heterocycles. The van der Waals surface area contributed by atoms with Crippen LogP contribution in [0.3, 0.4) is 0 Å². The average molecular weight is 378 g/mol. The lowest BCUT2D eigenvalue weighted by atomic mass is 10.1. The highest BCUT2D eigenvalue weighted by Gasteiger charge is 2.22. The fourth-order valence-corrected chi connectivity index (χ4v) is 5.29. The van der Waals surface area contributed by atoms with Gasteiger partial charge in [-0.2, -0.15) is 9.78 Å². The Morgan fingerprint density at radius 1 is 1.12 bits per heavy atom. The van der Waals surface area contributed by atoms with Crippen molar-refractivity contribution in [1.29, 1.82) is 0 Å². The first-order valence-corrected chi connectivity index (χ1v) is 10.0. The van der Waals surface area contributed by atoms with Crippen LogP contribution in [0.25, 0.3) is 20.4 Å². The standard InChI is InChI=1S/C19H14N4OS2/c1-10-8-11(2)20-17-14(10)15-16(26-17)18(24)23-19(21-15)25-9-13(22-23)12-6-4-3-5-7-12/h3-8H,9H2,1-2H3. The first-order chi connectivity index (χ1) is 12.6. The molecule has 0 aliphatic carbocycles. The lowest BCUT2D eigenvalue weighted by Crippen LogP contribution is -2.25. The van der Waals surface area contributed by atoms with E-state index in [-0.39, 0.29) is 5.56 Å². The Bertz CT molecular complexity index is 1270. The van der Waals surface area contributed by atoms with Crippen LogP contribution in [0.4, 0.5) is 0 Å². The second kappa shape index (κ2) is 5.75. The van der Waals surface area contributed by atoms with Gasteiger partial charge >= 0.3 is 0 Å². The minimum atomic E-state index is -0.120. The summed E-state index contributed by atoms with van der Waals surface area (Å²) in [6.07, 6.45) is 0. The maximum Gasteiger partial charge on any atom is 0.292 e. The Morgan fingerprint density at radius 2 is 1.92 bits per heavy atom. The van der Waals surface area contributed by atoms with Crippen LogP contribution in [0.2, 0.25) is 0 Å². The van der Waals surface area contributed by atoms with E-state index in [0.717, 1.165) is 38.3 Å². The maximum absolute atomic E-state index is 13.1. The highest BCUT2D eigenvalue weighted by Crippen LogP contribution is 2.34. The van der Waals surface area contributed by atoms with Gasteiger partial charge in [0.15, 0.2) is 5.16 Å². The van der Waals surface area contributed by atoms with Crippen molar-refractivity contribution in [3.8, 4) is 0 Å². The highest BCUT2D eigenvalue weighted by molar-refractivity contribution is 7.99. The molecular formula is C19H14N4OS2. The van der Waals surface area contributed by atoms with Crippen molar-refractivity contribution in [2.45, 2.75) is 19.0 Å². The Hall–Kier alpha value is -2.51. The predicted octanol–water partition coefficient (Wildman–Crippen LogP) is 3.98. The summed E-state index contributed by atoms with van der Waals surface area (Å²) in [5.74, 6) is 0.695. The summed E-state index contributed by atoms with van der Waals surface area (Å²) in [4.78, 5) is 23.3. The fraction of sp³-hybridized carbons (Fsp3) is 0.158. The number of hydrogen-bond acceptors (Lipinski definition) is 6. The van der Waals surface area contributed by atoms with Gasteiger partial charge < -0.3 is 0 Å². The van der Waals surface area contributed by atoms with Crippen LogP contribution < -0.4 is 5.56 Å². The minimum Gasteiger partial charge on any atom is -0.266 e. The zero-order valence-electron chi connectivity index (χ0n) is 14.2. The van der Waals surface area contributed by atoms with Crippen molar-refractivity contribution < 1.29 is 0 Å². The van der Waals surface area contributed by atoms with Crippen LogP contribution in [0.1, 0.15) is 16.8 Å². The van der Waals surface area contributed by atoms with Crippen LogP contribution in [0, 0.1) is 13.8 Å². The number of pyridine rings is 1. The molecule has 4 aromatic rings. The van der Waals surface area contributed by atoms with Crippen molar-refractivity contribution in [3.63, 3.8) is 0 Å². The summed E-state index contributed by atoms with van der Waals surface area (Å²) < 4.78 is 2.06. The first-order valence-electron chi connectivity index (χ1n) is 8.21. The zero-order valence-corrected chi connectivity index (χ0v) is 15.8. The van der Waals surface area contributed by atoms with Gasteiger partial charge in [-0.1, -0.05) is 42.1 Å². The van der Waals surface area contributed by atoms with Gasteiger partial charge in [-0.3, -0.25) is 4.79 Å². The molecule has 5 rings (SSSR count). The molecule has 0 unspecified atom stereocenters. The number of hydrogen-bond donors (Lipinski definition) is 0. The molecule has 7 heteroatoms. The van der Waals surface area contributed by atoms with Gasteiger partial charge in [-0.05, 0) is 31.0 Å². The number of thiophene rings is 1. The van der Waals surface area contributed by atoms with E-state index in [4.69, 9.17) is 4.98 Å². The van der Waals surface area contributed by atoms with E-state index < -0.39 is 0 Å². The second-order valence-electron chi connectivity index (χ2n) is 6.25. The number of benzene rings is 1. The zero-order chi connectivity index (χ0) is 17.8. The summed E-state index contributed by atoms with van der Waals surface area (Å²) in [7, 11) is 0. The number of aryl methyl sites for hydroxylation is 2. The monoisotopic (exact) mass is 378 g/mol. The van der Waals surface area contributed by atoms with Crippen molar-refractivity contribution >= 4 is 49.2 Å². The average Bonchev–Trinajstić information content (AvgIpc) is 3.01. The Labute approximate surface area is 157 Å². The van der Waals surface area contributed by atoms with E-state index in [9.17, 15) is 4.79 Å². The van der Waals surface area contributed by atoms with Crippen LogP contribution >= 0.6 is 23.1 Å². The van der Waals surface area contributed by atoms with Gasteiger partial charge in [0, 0.05) is 16.8 Å². The molecule has 1 aliphatic rings. The number of fused-ring (bicyclic) bond motifs is 4. The van der Waals surface area contributed by atoms with Gasteiger partial charge in [0.1, 0.15) is 9.53 Å². The number of nitrogens with zero attached hydrogens (tertiary/aromatic N) is 4. The summed E-state index contributed by atoms with van der Waals surface area (Å²) in [5.41, 5.74) is 4.59. The minimum absolute atomic E-state index is 0.120. The molecule has 0 saturated carbocycles. The SMILES string of the molecule is Cc1cc(C)c2c(n1)sc1c(=O)n3c(nc12)SCC(c1ccccc1)=N3. The molecule has 1 aromatic carbocycles. The van der Waals surface area contributed by atoms with Gasteiger partial charge in [-0.25, -0.2) is 9.97 Å². The molecule has 26 heavy (non-hydrogen) atoms. The fourth-order valence-electron chi connectivity index (χ4n) is 3.24. The quantitative estimate of drug-likeness (QED) is 0.470. The molecular weight excluding hydrogens is 364 g/mol. The number of rotatable bonds is 1. The number of thioether (sulfide) groups is 1. The summed E-state index contributed by atoms with van der Waals surface area (Å²) in [5, 5.41) is 6.22. The maximum atomic E-state index is 13.1. The molecule has 0 spiro atoms. The topological polar surface area (TPSA) is 60.1 Å². The Morgan fingerprint density at radius 3 is 2.73 bits per heavy atom. The van der Waals surface area contributed by atoms with Crippen LogP contribution in [0.15, 0.2) is 51.5 Å². The second-order valence-corrected chi connectivity index (χ2v) is 8.19. The van der Waals surface area contributed by atoms with E-state index in [1.54, 1.807) is 11.8 Å². The molecule has 0 fully saturated rings. The third-order valence-corrected chi connectivity index (χ3v) is 6.40. The summed E-state index contributed by atoms with van der Waals surface area (Å²) >= 11 is 2.95. The van der Waals surface area contributed by atoms with Crippen molar-refractivity contribution in [3.05, 3.63) is 63.6 Å². The highest BCUT2D eigenvalue weighted by atomic mass is 32.2. The third-order valence-electron chi connectivity index (χ3n) is 4.40. The van der Waals surface area contributed by atoms with Gasteiger partial charge in [0.2, 0.25) is 0 Å². The Balaban J connectivity index is 1.80. The lowest BCUT2D eigenvalue weighted by Gasteiger charge is -2.15. The van der Waals surface area contributed by atoms with Gasteiger partial charge in [0.05, 0.1) is 11.2 Å². The predicted molar refractivity (Wildman–Crippen MR) is 108 cm³/mol. The third kappa shape index (κ3) is 2.31. The molecule has 0 N–H and O–H groups in total. The van der Waals surface area contributed by atoms with Crippen molar-refractivity contribution in [2.75, 3.05) is 5.75 Å². The van der Waals surface area contributed by atoms with Crippen molar-refractivity contribution in [2.24, 2.45) is 5.10 Å². The molecule has 5 nitrogen and oxygen atoms in total. The van der Waals surface area contributed by atoms with Crippen LogP contribution in [-0.2, 0) is 0 Å². The summed E-state index contributed by atoms with van der Waals surface area (Å²) in [6.45, 7) is 4.01. The van der Waals surface area contributed by atoms with E-state index >= 15 is 0 Å². The molecule has 0 amide bonds. The van der Waals surface area contributed by atoms with Crippen molar-refractivity contribution in [1.82, 2.24) is 14.6 Å². The van der Waals surface area contributed by atoms with E-state index in [1.807, 2.05) is 50.2 Å². The van der Waals surface area contributed by atoms with Crippen LogP contribution in [0.5, 0.6) is 0 Å². The van der Waals surface area contributed by atoms with Crippen LogP contribution in [-0.4, -0.2) is 26.1 Å². The molecule has 1 aliphatic heterocycles. The van der Waals surface area contributed by atoms with Gasteiger partial charge in [-0.15, -0.1) is 11.3 Å². The molecule has 128 valence electrons. The largest absolute Gasteiger partial charge is 0.292 e. The smallest absolute Gasteiger partial charge is 0.266 e. The van der Waals surface area contributed by atoms with E-state index in [1.165, 1.54) is 16.0 Å². The lowest BCUT2D eigenvalue weighted by molar-refractivity contribution is 0.701. The summed E-state index contributed by atoms with van der Waals surface area (Å²) in [6, 6.07) is 12.0. The molecule has 0 radical (unpaired) electrons. The van der Waals surface area contributed by atoms with Gasteiger partial charge in [0.25, 0.3) is 5.56 Å². The van der Waals surface area contributed by atoms with E-state index in [2.05, 4.69) is 10.1 Å². The molecule has 0 atom stereocenters. The number of aromatic nitrogens is 3. The normalized spacial score (nSPS) is 13.8. The molecule has 0 saturated heterocycles. The molecule has 3 aromatic heterocycles. The Kier molecular flexibility index (Phi) is 3.48. The van der Waals surface area contributed by atoms with E-state index in [0.29, 0.717) is 15.6 Å². The molecule has 0 bridgehead atoms. The first kappa shape index (κ1) is 15.7.